The number of nitrogens with zero attached hydrogens (tertiary/aromatic N) is 4. The van der Waals surface area contributed by atoms with E-state index >= 15 is 0 Å². The maximum atomic E-state index is 13.3. The van der Waals surface area contributed by atoms with Crippen molar-refractivity contribution < 1.29 is 4.39 Å². The molecule has 1 aliphatic rings. The number of piperidine rings is 1. The fourth-order valence-corrected chi connectivity index (χ4v) is 5.03. The van der Waals surface area contributed by atoms with Crippen LogP contribution < -0.4 is 5.32 Å². The van der Waals surface area contributed by atoms with E-state index in [-0.39, 0.29) is 11.9 Å². The third kappa shape index (κ3) is 4.17. The number of H-pyrrole nitrogens is 1. The normalized spacial score (nSPS) is 14.4. The molecule has 0 saturated carbocycles. The van der Waals surface area contributed by atoms with Gasteiger partial charge < -0.3 is 10.2 Å². The Morgan fingerprint density at radius 1 is 1.03 bits per heavy atom. The topological polar surface area (TPSA) is 69.7 Å². The van der Waals surface area contributed by atoms with Crippen LogP contribution in [0.1, 0.15) is 24.1 Å². The SMILES string of the molecule is C=C(c1ccc(F)cc1)N1CCC(Nc2nc(C)c3cc(-c4cccc5[nH]ncc45)ccc3n2)CC1. The molecule has 3 aromatic carbocycles. The summed E-state index contributed by atoms with van der Waals surface area (Å²) in [7, 11) is 0. The molecule has 5 aromatic rings. The van der Waals surface area contributed by atoms with Crippen LogP contribution in [0.2, 0.25) is 0 Å². The summed E-state index contributed by atoms with van der Waals surface area (Å²) in [6.07, 6.45) is 3.77. The number of halogens is 1. The average molecular weight is 479 g/mol. The monoisotopic (exact) mass is 478 g/mol. The minimum Gasteiger partial charge on any atom is -0.371 e. The van der Waals surface area contributed by atoms with Crippen molar-refractivity contribution in [1.29, 1.82) is 0 Å². The van der Waals surface area contributed by atoms with Crippen molar-refractivity contribution in [2.75, 3.05) is 18.4 Å². The van der Waals surface area contributed by atoms with E-state index in [4.69, 9.17) is 9.97 Å². The summed E-state index contributed by atoms with van der Waals surface area (Å²) in [5, 5.41) is 12.9. The molecule has 6 nitrogen and oxygen atoms in total. The Kier molecular flexibility index (Phi) is 5.60. The quantitative estimate of drug-likeness (QED) is 0.316. The van der Waals surface area contributed by atoms with Crippen LogP contribution in [0.4, 0.5) is 10.3 Å². The molecule has 6 rings (SSSR count). The molecule has 2 N–H and O–H groups in total. The number of benzene rings is 3. The lowest BCUT2D eigenvalue weighted by atomic mass is 10.00. The van der Waals surface area contributed by atoms with Crippen molar-refractivity contribution in [2.24, 2.45) is 0 Å². The fraction of sp³-hybridized carbons (Fsp3) is 0.207. The van der Waals surface area contributed by atoms with Gasteiger partial charge in [-0.2, -0.15) is 5.10 Å². The third-order valence-corrected chi connectivity index (χ3v) is 7.07. The standard InChI is InChI=1S/C29H27FN6/c1-18-25-16-21(24-4-3-5-28-26(24)17-31-35-28)8-11-27(25)34-29(32-18)33-23-12-14-36(15-13-23)19(2)20-6-9-22(30)10-7-20/h3-11,16-17,23H,2,12-15H2,1H3,(H,31,35)(H,32,33,34). The lowest BCUT2D eigenvalue weighted by Crippen LogP contribution is -2.38. The van der Waals surface area contributed by atoms with Crippen LogP contribution in [-0.4, -0.2) is 44.2 Å². The molecule has 36 heavy (non-hydrogen) atoms. The van der Waals surface area contributed by atoms with Crippen molar-refractivity contribution in [2.45, 2.75) is 25.8 Å². The molecule has 0 amide bonds. The zero-order valence-corrected chi connectivity index (χ0v) is 20.1. The van der Waals surface area contributed by atoms with Crippen LogP contribution in [0, 0.1) is 12.7 Å². The highest BCUT2D eigenvalue weighted by Gasteiger charge is 2.21. The molecule has 1 aliphatic heterocycles. The number of aryl methyl sites for hydroxylation is 1. The summed E-state index contributed by atoms with van der Waals surface area (Å²) in [6.45, 7) is 8.02. The molecule has 0 radical (unpaired) electrons. The summed E-state index contributed by atoms with van der Waals surface area (Å²) < 4.78 is 13.3. The first-order valence-corrected chi connectivity index (χ1v) is 12.2. The van der Waals surface area contributed by atoms with Crippen LogP contribution in [0.5, 0.6) is 0 Å². The van der Waals surface area contributed by atoms with Gasteiger partial charge >= 0.3 is 0 Å². The fourth-order valence-electron chi connectivity index (χ4n) is 5.03. The first-order chi connectivity index (χ1) is 17.5. The lowest BCUT2D eigenvalue weighted by Gasteiger charge is -2.35. The van der Waals surface area contributed by atoms with Gasteiger partial charge in [-0.1, -0.05) is 36.9 Å². The van der Waals surface area contributed by atoms with Gasteiger partial charge in [0, 0.05) is 35.6 Å². The van der Waals surface area contributed by atoms with Crippen LogP contribution in [0.3, 0.4) is 0 Å². The zero-order chi connectivity index (χ0) is 24.6. The van der Waals surface area contributed by atoms with Crippen molar-refractivity contribution in [3.05, 3.63) is 90.5 Å². The van der Waals surface area contributed by atoms with Crippen molar-refractivity contribution in [3.8, 4) is 11.1 Å². The van der Waals surface area contributed by atoms with E-state index in [9.17, 15) is 4.39 Å². The van der Waals surface area contributed by atoms with Crippen molar-refractivity contribution >= 4 is 33.5 Å². The number of nitrogens with one attached hydrogen (secondary N) is 2. The molecule has 1 saturated heterocycles. The van der Waals surface area contributed by atoms with Crippen LogP contribution in [0.25, 0.3) is 38.6 Å². The zero-order valence-electron chi connectivity index (χ0n) is 20.1. The predicted octanol–water partition coefficient (Wildman–Crippen LogP) is 6.17. The van der Waals surface area contributed by atoms with Crippen LogP contribution in [0.15, 0.2) is 73.4 Å². The summed E-state index contributed by atoms with van der Waals surface area (Å²) in [5.74, 6) is 0.437. The number of hydrogen-bond acceptors (Lipinski definition) is 5. The number of hydrogen-bond donors (Lipinski definition) is 2. The first-order valence-electron chi connectivity index (χ1n) is 12.2. The molecule has 0 aliphatic carbocycles. The highest BCUT2D eigenvalue weighted by atomic mass is 19.1. The van der Waals surface area contributed by atoms with E-state index in [0.29, 0.717) is 5.95 Å². The minimum atomic E-state index is -0.230. The number of aromatic nitrogens is 4. The Balaban J connectivity index is 1.17. The summed E-state index contributed by atoms with van der Waals surface area (Å²) in [5.41, 5.74) is 7.05. The van der Waals surface area contributed by atoms with Gasteiger partial charge in [0.1, 0.15) is 5.82 Å². The summed E-state index contributed by atoms with van der Waals surface area (Å²) in [6, 6.07) is 19.3. The minimum absolute atomic E-state index is 0.230. The van der Waals surface area contributed by atoms with E-state index in [1.165, 1.54) is 12.1 Å². The number of aromatic amines is 1. The van der Waals surface area contributed by atoms with Gasteiger partial charge in [0.05, 0.1) is 22.9 Å². The van der Waals surface area contributed by atoms with E-state index in [1.807, 2.05) is 25.3 Å². The largest absolute Gasteiger partial charge is 0.371 e. The molecule has 0 bridgehead atoms. The molecular weight excluding hydrogens is 451 g/mol. The summed E-state index contributed by atoms with van der Waals surface area (Å²) in [4.78, 5) is 11.9. The Hall–Kier alpha value is -4.26. The van der Waals surface area contributed by atoms with E-state index in [1.54, 1.807) is 12.1 Å². The van der Waals surface area contributed by atoms with Gasteiger partial charge in [-0.15, -0.1) is 0 Å². The van der Waals surface area contributed by atoms with Gasteiger partial charge in [0.25, 0.3) is 0 Å². The van der Waals surface area contributed by atoms with Gasteiger partial charge in [-0.25, -0.2) is 14.4 Å². The first kappa shape index (κ1) is 22.2. The number of fused-ring (bicyclic) bond motifs is 2. The van der Waals surface area contributed by atoms with E-state index in [0.717, 1.165) is 75.8 Å². The second kappa shape index (κ2) is 9.07. The van der Waals surface area contributed by atoms with Gasteiger partial charge in [0.2, 0.25) is 5.95 Å². The molecule has 2 aromatic heterocycles. The molecule has 3 heterocycles. The Bertz CT molecular complexity index is 1560. The molecule has 1 fully saturated rings. The molecule has 0 unspecified atom stereocenters. The number of rotatable bonds is 5. The Labute approximate surface area is 208 Å². The van der Waals surface area contributed by atoms with Crippen molar-refractivity contribution in [1.82, 2.24) is 25.1 Å². The van der Waals surface area contributed by atoms with Crippen molar-refractivity contribution in [3.63, 3.8) is 0 Å². The van der Waals surface area contributed by atoms with Crippen LogP contribution in [-0.2, 0) is 0 Å². The van der Waals surface area contributed by atoms with Crippen LogP contribution >= 0.6 is 0 Å². The molecule has 7 heteroatoms. The number of likely N-dealkylation sites (tertiary alicyclic amines) is 1. The third-order valence-electron chi connectivity index (χ3n) is 7.07. The average Bonchev–Trinajstić information content (AvgIpc) is 3.38. The predicted molar refractivity (Wildman–Crippen MR) is 143 cm³/mol. The maximum absolute atomic E-state index is 13.3. The number of anilines is 1. The molecule has 0 spiro atoms. The summed E-state index contributed by atoms with van der Waals surface area (Å²) >= 11 is 0. The lowest BCUT2D eigenvalue weighted by molar-refractivity contribution is 0.309. The maximum Gasteiger partial charge on any atom is 0.223 e. The van der Waals surface area contributed by atoms with Gasteiger partial charge in [-0.05, 0) is 66.8 Å². The molecular formula is C29H27FN6. The second-order valence-electron chi connectivity index (χ2n) is 9.36. The molecule has 0 atom stereocenters. The Morgan fingerprint density at radius 2 is 1.83 bits per heavy atom. The second-order valence-corrected chi connectivity index (χ2v) is 9.36. The van der Waals surface area contributed by atoms with Gasteiger partial charge in [-0.3, -0.25) is 5.10 Å². The highest BCUT2D eigenvalue weighted by Crippen LogP contribution is 2.31. The van der Waals surface area contributed by atoms with E-state index < -0.39 is 0 Å². The highest BCUT2D eigenvalue weighted by molar-refractivity contribution is 5.97. The van der Waals surface area contributed by atoms with E-state index in [2.05, 4.69) is 51.3 Å². The van der Waals surface area contributed by atoms with Gasteiger partial charge in [0.15, 0.2) is 0 Å². The smallest absolute Gasteiger partial charge is 0.223 e. The Morgan fingerprint density at radius 3 is 2.64 bits per heavy atom. The molecule has 180 valence electrons.